The lowest BCUT2D eigenvalue weighted by Crippen LogP contribution is -2.27. The van der Waals surface area contributed by atoms with Gasteiger partial charge in [0.1, 0.15) is 23.9 Å². The normalized spacial score (nSPS) is 10.8. The van der Waals surface area contributed by atoms with Crippen molar-refractivity contribution < 1.29 is 9.72 Å². The molecular weight excluding hydrogens is 412 g/mol. The number of fused-ring (bicyclic) bond motifs is 1. The van der Waals surface area contributed by atoms with E-state index >= 15 is 0 Å². The summed E-state index contributed by atoms with van der Waals surface area (Å²) in [6.07, 6.45) is 2.47. The molecule has 150 valence electrons. The van der Waals surface area contributed by atoms with E-state index in [9.17, 15) is 19.7 Å². The summed E-state index contributed by atoms with van der Waals surface area (Å²) >= 11 is 5.89. The van der Waals surface area contributed by atoms with Gasteiger partial charge in [-0.15, -0.1) is 0 Å². The summed E-state index contributed by atoms with van der Waals surface area (Å²) in [6.45, 7) is -0.273. The van der Waals surface area contributed by atoms with Crippen LogP contribution in [-0.2, 0) is 11.3 Å². The number of anilines is 1. The zero-order valence-electron chi connectivity index (χ0n) is 15.2. The number of carbonyl (C=O) groups is 1. The number of rotatable bonds is 5. The smallest absolute Gasteiger partial charge is 0.294 e. The summed E-state index contributed by atoms with van der Waals surface area (Å²) in [6, 6.07) is 12.6. The lowest BCUT2D eigenvalue weighted by atomic mass is 10.2. The lowest BCUT2D eigenvalue weighted by Gasteiger charge is -2.08. The van der Waals surface area contributed by atoms with Gasteiger partial charge in [-0.2, -0.15) is 5.10 Å². The minimum Gasteiger partial charge on any atom is -0.324 e. The number of hydrogen-bond donors (Lipinski definition) is 1. The van der Waals surface area contributed by atoms with Gasteiger partial charge in [0, 0.05) is 16.8 Å². The summed E-state index contributed by atoms with van der Waals surface area (Å²) in [5, 5.41) is 18.6. The highest BCUT2D eigenvalue weighted by Crippen LogP contribution is 2.23. The van der Waals surface area contributed by atoms with Gasteiger partial charge in [-0.1, -0.05) is 29.8 Å². The van der Waals surface area contributed by atoms with Crippen molar-refractivity contribution in [2.45, 2.75) is 6.54 Å². The Hall–Kier alpha value is -4.05. The van der Waals surface area contributed by atoms with Crippen LogP contribution in [0.2, 0.25) is 5.02 Å². The third-order valence-electron chi connectivity index (χ3n) is 4.28. The summed E-state index contributed by atoms with van der Waals surface area (Å²) < 4.78 is 2.36. The van der Waals surface area contributed by atoms with E-state index in [4.69, 9.17) is 11.6 Å². The Morgan fingerprint density at radius 3 is 2.77 bits per heavy atom. The molecule has 0 bridgehead atoms. The molecule has 2 heterocycles. The van der Waals surface area contributed by atoms with Crippen LogP contribution < -0.4 is 10.9 Å². The number of aromatic nitrogens is 4. The summed E-state index contributed by atoms with van der Waals surface area (Å²) in [7, 11) is 0. The van der Waals surface area contributed by atoms with Crippen molar-refractivity contribution in [2.75, 3.05) is 5.32 Å². The van der Waals surface area contributed by atoms with Crippen LogP contribution >= 0.6 is 11.6 Å². The van der Waals surface area contributed by atoms with E-state index in [1.54, 1.807) is 30.3 Å². The van der Waals surface area contributed by atoms with Crippen LogP contribution in [0.5, 0.6) is 0 Å². The summed E-state index contributed by atoms with van der Waals surface area (Å²) in [4.78, 5) is 40.0. The third-order valence-corrected chi connectivity index (χ3v) is 4.52. The van der Waals surface area contributed by atoms with Crippen molar-refractivity contribution in [3.63, 3.8) is 0 Å². The van der Waals surface area contributed by atoms with Crippen molar-refractivity contribution in [3.05, 3.63) is 86.5 Å². The standard InChI is InChI=1S/C19H13ClN6O4/c20-12-4-3-5-13(8-12)23-17(27)10-24-11-21-18-14(19(24)28)9-22-25(18)15-6-1-2-7-16(15)26(29)30/h1-9,11H,10H2,(H,23,27). The average Bonchev–Trinajstić information content (AvgIpc) is 3.15. The van der Waals surface area contributed by atoms with Gasteiger partial charge in [0.05, 0.1) is 11.1 Å². The predicted octanol–water partition coefficient (Wildman–Crippen LogP) is 2.78. The topological polar surface area (TPSA) is 125 Å². The molecule has 1 amide bonds. The van der Waals surface area contributed by atoms with Crippen molar-refractivity contribution in [3.8, 4) is 5.69 Å². The number of carbonyl (C=O) groups excluding carboxylic acids is 1. The second-order valence-corrected chi connectivity index (χ2v) is 6.71. The zero-order chi connectivity index (χ0) is 21.3. The molecule has 0 aliphatic rings. The third kappa shape index (κ3) is 3.63. The van der Waals surface area contributed by atoms with Gasteiger partial charge in [0.15, 0.2) is 5.65 Å². The first-order chi connectivity index (χ1) is 14.4. The molecule has 4 rings (SSSR count). The molecule has 0 radical (unpaired) electrons. The highest BCUT2D eigenvalue weighted by molar-refractivity contribution is 6.30. The maximum absolute atomic E-state index is 12.8. The quantitative estimate of drug-likeness (QED) is 0.388. The number of nitro benzene ring substituents is 1. The van der Waals surface area contributed by atoms with E-state index < -0.39 is 16.4 Å². The highest BCUT2D eigenvalue weighted by Gasteiger charge is 2.19. The first kappa shape index (κ1) is 19.3. The van der Waals surface area contributed by atoms with Crippen molar-refractivity contribution in [1.29, 1.82) is 0 Å². The Labute approximate surface area is 173 Å². The molecule has 0 aliphatic carbocycles. The molecule has 0 saturated heterocycles. The number of nitro groups is 1. The number of halogens is 1. The van der Waals surface area contributed by atoms with E-state index in [0.717, 1.165) is 4.57 Å². The summed E-state index contributed by atoms with van der Waals surface area (Å²) in [5.41, 5.74) is 0.167. The van der Waals surface area contributed by atoms with Crippen LogP contribution in [0.3, 0.4) is 0 Å². The fourth-order valence-corrected chi connectivity index (χ4v) is 3.15. The average molecular weight is 425 g/mol. The molecule has 1 N–H and O–H groups in total. The number of para-hydroxylation sites is 2. The molecule has 0 saturated carbocycles. The Bertz CT molecular complexity index is 1350. The molecule has 0 fully saturated rings. The molecule has 0 unspecified atom stereocenters. The minimum absolute atomic E-state index is 0.131. The Kier molecular flexibility index (Phi) is 4.98. The summed E-state index contributed by atoms with van der Waals surface area (Å²) in [5.74, 6) is -0.438. The maximum atomic E-state index is 12.8. The number of hydrogen-bond acceptors (Lipinski definition) is 6. The molecule has 0 aliphatic heterocycles. The minimum atomic E-state index is -0.537. The fourth-order valence-electron chi connectivity index (χ4n) is 2.96. The van der Waals surface area contributed by atoms with Crippen molar-refractivity contribution in [2.24, 2.45) is 0 Å². The number of nitrogens with zero attached hydrogens (tertiary/aromatic N) is 5. The predicted molar refractivity (Wildman–Crippen MR) is 110 cm³/mol. The molecule has 0 spiro atoms. The Morgan fingerprint density at radius 2 is 2.00 bits per heavy atom. The second-order valence-electron chi connectivity index (χ2n) is 6.28. The van der Waals surface area contributed by atoms with Crippen LogP contribution in [0, 0.1) is 10.1 Å². The molecular formula is C19H13ClN6O4. The van der Waals surface area contributed by atoms with Gasteiger partial charge in [-0.25, -0.2) is 9.67 Å². The van der Waals surface area contributed by atoms with Crippen LogP contribution in [0.15, 0.2) is 65.8 Å². The Balaban J connectivity index is 1.66. The van der Waals surface area contributed by atoms with E-state index in [1.807, 2.05) is 0 Å². The van der Waals surface area contributed by atoms with E-state index in [-0.39, 0.29) is 29.0 Å². The molecule has 11 heteroatoms. The monoisotopic (exact) mass is 424 g/mol. The highest BCUT2D eigenvalue weighted by atomic mass is 35.5. The van der Waals surface area contributed by atoms with Gasteiger partial charge in [-0.05, 0) is 24.3 Å². The fraction of sp³-hybridized carbons (Fsp3) is 0.0526. The largest absolute Gasteiger partial charge is 0.324 e. The second kappa shape index (κ2) is 7.76. The first-order valence-electron chi connectivity index (χ1n) is 8.66. The van der Waals surface area contributed by atoms with E-state index in [1.165, 1.54) is 35.4 Å². The number of benzene rings is 2. The van der Waals surface area contributed by atoms with Crippen molar-refractivity contribution >= 4 is 39.9 Å². The van der Waals surface area contributed by atoms with Crippen LogP contribution in [-0.4, -0.2) is 30.2 Å². The number of nitrogens with one attached hydrogen (secondary N) is 1. The maximum Gasteiger partial charge on any atom is 0.294 e. The first-order valence-corrected chi connectivity index (χ1v) is 9.04. The van der Waals surface area contributed by atoms with E-state index in [0.29, 0.717) is 10.7 Å². The molecule has 30 heavy (non-hydrogen) atoms. The van der Waals surface area contributed by atoms with Crippen molar-refractivity contribution in [1.82, 2.24) is 19.3 Å². The van der Waals surface area contributed by atoms with Gasteiger partial charge < -0.3 is 5.32 Å². The van der Waals surface area contributed by atoms with Gasteiger partial charge in [0.2, 0.25) is 5.91 Å². The van der Waals surface area contributed by atoms with Crippen LogP contribution in [0.4, 0.5) is 11.4 Å². The Morgan fingerprint density at radius 1 is 1.20 bits per heavy atom. The SMILES string of the molecule is O=C(Cn1cnc2c(cnn2-c2ccccc2[N+](=O)[O-])c1=O)Nc1cccc(Cl)c1. The van der Waals surface area contributed by atoms with Gasteiger partial charge in [0.25, 0.3) is 11.2 Å². The lowest BCUT2D eigenvalue weighted by molar-refractivity contribution is -0.384. The van der Waals surface area contributed by atoms with Gasteiger partial charge >= 0.3 is 0 Å². The van der Waals surface area contributed by atoms with E-state index in [2.05, 4.69) is 15.4 Å². The van der Waals surface area contributed by atoms with Crippen LogP contribution in [0.1, 0.15) is 0 Å². The molecule has 4 aromatic rings. The number of amides is 1. The molecule has 2 aromatic heterocycles. The molecule has 10 nitrogen and oxygen atoms in total. The molecule has 0 atom stereocenters. The van der Waals surface area contributed by atoms with Gasteiger partial charge in [-0.3, -0.25) is 24.3 Å². The zero-order valence-corrected chi connectivity index (χ0v) is 16.0. The molecule has 2 aromatic carbocycles. The van der Waals surface area contributed by atoms with Crippen LogP contribution in [0.25, 0.3) is 16.7 Å².